The van der Waals surface area contributed by atoms with Crippen LogP contribution in [0.4, 0.5) is 17.3 Å². The van der Waals surface area contributed by atoms with Gasteiger partial charge in [-0.25, -0.2) is 9.98 Å². The summed E-state index contributed by atoms with van der Waals surface area (Å²) in [6.07, 6.45) is 1.50. The molecule has 0 radical (unpaired) electrons. The summed E-state index contributed by atoms with van der Waals surface area (Å²) in [6, 6.07) is 17.0. The van der Waals surface area contributed by atoms with Gasteiger partial charge in [0.05, 0.1) is 23.4 Å². The average Bonchev–Trinajstić information content (AvgIpc) is 3.41. The van der Waals surface area contributed by atoms with E-state index in [1.54, 1.807) is 14.2 Å². The van der Waals surface area contributed by atoms with Crippen molar-refractivity contribution in [3.05, 3.63) is 65.7 Å². The number of aryl methyl sites for hydroxylation is 1. The van der Waals surface area contributed by atoms with Crippen LogP contribution in [-0.2, 0) is 7.05 Å². The molecular formula is C24H20N6O3S. The number of hydrogen-bond acceptors (Lipinski definition) is 9. The van der Waals surface area contributed by atoms with Crippen LogP contribution in [0.5, 0.6) is 5.75 Å². The van der Waals surface area contributed by atoms with Gasteiger partial charge in [0.15, 0.2) is 12.3 Å². The van der Waals surface area contributed by atoms with Gasteiger partial charge in [0.1, 0.15) is 10.6 Å². The van der Waals surface area contributed by atoms with E-state index in [0.29, 0.717) is 27.3 Å². The number of methoxy groups -OCH3 is 1. The third-order valence-electron chi connectivity index (χ3n) is 5.25. The zero-order valence-electron chi connectivity index (χ0n) is 18.4. The smallest absolute Gasteiger partial charge is 0.320 e. The molecule has 0 aliphatic carbocycles. The number of nitrogens with zero attached hydrogens (tertiary/aromatic N) is 4. The second-order valence-corrected chi connectivity index (χ2v) is 8.56. The minimum Gasteiger partial charge on any atom is -0.857 e. The highest BCUT2D eigenvalue weighted by molar-refractivity contribution is 7.21. The Morgan fingerprint density at radius 3 is 2.62 bits per heavy atom. The van der Waals surface area contributed by atoms with Gasteiger partial charge < -0.3 is 21.3 Å². The second-order valence-electron chi connectivity index (χ2n) is 7.56. The van der Waals surface area contributed by atoms with Gasteiger partial charge >= 0.3 is 5.88 Å². The Morgan fingerprint density at radius 2 is 1.91 bits per heavy atom. The Kier molecular flexibility index (Phi) is 5.34. The number of fused-ring (bicyclic) bond motifs is 1. The number of hydrogen-bond donors (Lipinski definition) is 2. The summed E-state index contributed by atoms with van der Waals surface area (Å²) in [4.78, 5) is 9.71. The summed E-state index contributed by atoms with van der Waals surface area (Å²) >= 11 is 1.18. The third-order valence-corrected chi connectivity index (χ3v) is 6.34. The maximum atomic E-state index is 13.0. The summed E-state index contributed by atoms with van der Waals surface area (Å²) < 4.78 is 11.9. The topological polar surface area (TPSA) is 139 Å². The minimum absolute atomic E-state index is 0.0906. The van der Waals surface area contributed by atoms with E-state index >= 15 is 0 Å². The number of ether oxygens (including phenoxy) is 1. The van der Waals surface area contributed by atoms with Crippen molar-refractivity contribution in [1.29, 1.82) is 0 Å². The number of anilines is 2. The molecule has 0 bridgehead atoms. The van der Waals surface area contributed by atoms with E-state index in [0.717, 1.165) is 22.4 Å². The van der Waals surface area contributed by atoms with Crippen LogP contribution in [0.3, 0.4) is 0 Å². The summed E-state index contributed by atoms with van der Waals surface area (Å²) in [6.45, 7) is 0. The van der Waals surface area contributed by atoms with Crippen LogP contribution in [0, 0.1) is 0 Å². The molecule has 0 amide bonds. The summed E-state index contributed by atoms with van der Waals surface area (Å²) in [7, 11) is 3.28. The Bertz CT molecular complexity index is 1540. The lowest BCUT2D eigenvalue weighted by atomic mass is 9.99. The Labute approximate surface area is 198 Å². The summed E-state index contributed by atoms with van der Waals surface area (Å²) in [5.41, 5.74) is 16.7. The molecule has 0 unspecified atom stereocenters. The summed E-state index contributed by atoms with van der Waals surface area (Å²) in [5.74, 6) is 0.269. The largest absolute Gasteiger partial charge is 0.857 e. The van der Waals surface area contributed by atoms with Crippen molar-refractivity contribution in [2.45, 2.75) is 0 Å². The number of benzene rings is 2. The van der Waals surface area contributed by atoms with Crippen molar-refractivity contribution in [1.82, 2.24) is 10.3 Å². The van der Waals surface area contributed by atoms with Crippen molar-refractivity contribution >= 4 is 44.7 Å². The predicted octanol–water partition coefficient (Wildman–Crippen LogP) is 3.05. The lowest BCUT2D eigenvalue weighted by molar-refractivity contribution is -0.739. The van der Waals surface area contributed by atoms with Crippen molar-refractivity contribution in [2.24, 2.45) is 12.0 Å². The van der Waals surface area contributed by atoms with Crippen LogP contribution < -0.4 is 26.0 Å². The standard InChI is InChI=1S/C24H20N6O3S/c1-30-12-19(33-29-30)28-23(31)22-21(26)20-17(14-4-3-5-16(10-14)32-2)11-18(27-24(20)34-22)13-6-8-15(25)9-7-13/h3-12H,1-2H3,(H4-,25,26,27,28,29,31). The van der Waals surface area contributed by atoms with Gasteiger partial charge in [0.25, 0.3) is 6.20 Å². The molecule has 9 nitrogen and oxygen atoms in total. The van der Waals surface area contributed by atoms with Gasteiger partial charge in [0, 0.05) is 22.5 Å². The first-order chi connectivity index (χ1) is 16.4. The fourth-order valence-electron chi connectivity index (χ4n) is 3.61. The average molecular weight is 473 g/mol. The highest BCUT2D eigenvalue weighted by atomic mass is 32.1. The monoisotopic (exact) mass is 472 g/mol. The molecule has 0 atom stereocenters. The van der Waals surface area contributed by atoms with Crippen LogP contribution in [0.1, 0.15) is 4.88 Å². The van der Waals surface area contributed by atoms with E-state index in [4.69, 9.17) is 25.7 Å². The molecule has 0 aliphatic heterocycles. The molecule has 10 heteroatoms. The number of aliphatic imine (C=N–C) groups is 1. The molecule has 3 heterocycles. The first kappa shape index (κ1) is 21.4. The lowest BCUT2D eigenvalue weighted by Crippen LogP contribution is -2.27. The molecule has 0 spiro atoms. The zero-order chi connectivity index (χ0) is 23.8. The molecule has 0 aliphatic rings. The van der Waals surface area contributed by atoms with E-state index in [2.05, 4.69) is 10.3 Å². The zero-order valence-corrected chi connectivity index (χ0v) is 19.2. The Balaban J connectivity index is 1.74. The van der Waals surface area contributed by atoms with Gasteiger partial charge in [-0.3, -0.25) is 4.52 Å². The van der Waals surface area contributed by atoms with Crippen molar-refractivity contribution < 1.29 is 19.0 Å². The van der Waals surface area contributed by atoms with Crippen molar-refractivity contribution in [2.75, 3.05) is 18.6 Å². The number of rotatable bonds is 5. The molecule has 5 rings (SSSR count). The lowest BCUT2D eigenvalue weighted by Gasteiger charge is -2.11. The molecule has 5 aromatic rings. The molecule has 0 saturated heterocycles. The maximum absolute atomic E-state index is 13.0. The molecule has 0 saturated carbocycles. The highest BCUT2D eigenvalue weighted by Crippen LogP contribution is 2.42. The van der Waals surface area contributed by atoms with E-state index in [-0.39, 0.29) is 10.8 Å². The van der Waals surface area contributed by atoms with Crippen LogP contribution in [-0.4, -0.2) is 23.3 Å². The highest BCUT2D eigenvalue weighted by Gasteiger charge is 2.19. The quantitative estimate of drug-likeness (QED) is 0.173. The fraction of sp³-hybridized carbons (Fsp3) is 0.0833. The number of pyridine rings is 1. The van der Waals surface area contributed by atoms with Crippen LogP contribution in [0.2, 0.25) is 0 Å². The van der Waals surface area contributed by atoms with Crippen LogP contribution >= 0.6 is 11.3 Å². The number of nitrogen functional groups attached to an aromatic ring is 2. The Morgan fingerprint density at radius 1 is 1.12 bits per heavy atom. The predicted molar refractivity (Wildman–Crippen MR) is 130 cm³/mol. The van der Waals surface area contributed by atoms with Crippen molar-refractivity contribution in [3.63, 3.8) is 0 Å². The maximum Gasteiger partial charge on any atom is 0.320 e. The minimum atomic E-state index is -0.525. The molecule has 2 aromatic carbocycles. The van der Waals surface area contributed by atoms with E-state index in [1.165, 1.54) is 22.2 Å². The molecule has 34 heavy (non-hydrogen) atoms. The van der Waals surface area contributed by atoms with Crippen LogP contribution in [0.25, 0.3) is 32.6 Å². The van der Waals surface area contributed by atoms with Crippen molar-refractivity contribution in [3.8, 4) is 28.1 Å². The van der Waals surface area contributed by atoms with Gasteiger partial charge in [-0.15, -0.1) is 11.3 Å². The van der Waals surface area contributed by atoms with Gasteiger partial charge in [-0.05, 0) is 41.5 Å². The van der Waals surface area contributed by atoms with E-state index < -0.39 is 5.90 Å². The Hall–Kier alpha value is -4.44. The summed E-state index contributed by atoms with van der Waals surface area (Å²) in [5, 5.41) is 17.3. The number of thiophene rings is 1. The molecule has 3 aromatic heterocycles. The molecule has 0 fully saturated rings. The van der Waals surface area contributed by atoms with Gasteiger partial charge in [-0.2, -0.15) is 0 Å². The molecule has 4 N–H and O–H groups in total. The van der Waals surface area contributed by atoms with E-state index in [1.807, 2.05) is 54.6 Å². The van der Waals surface area contributed by atoms with Crippen LogP contribution in [0.15, 0.2) is 70.3 Å². The third kappa shape index (κ3) is 3.90. The van der Waals surface area contributed by atoms with Gasteiger partial charge in [-0.1, -0.05) is 28.9 Å². The normalized spacial score (nSPS) is 11.8. The van der Waals surface area contributed by atoms with E-state index in [9.17, 15) is 5.11 Å². The van der Waals surface area contributed by atoms with Gasteiger partial charge in [0.2, 0.25) is 0 Å². The fourth-order valence-corrected chi connectivity index (χ4v) is 4.62. The first-order valence-corrected chi connectivity index (χ1v) is 11.1. The molecule has 170 valence electrons. The number of nitrogens with two attached hydrogens (primary N) is 2. The SMILES string of the molecule is COc1cccc(-c2cc(-c3ccc(N)cc3)nc3sc(/C([O-])=N/c4c[n+](C)no4)c(N)c23)c1. The first-order valence-electron chi connectivity index (χ1n) is 10.2. The molecular weight excluding hydrogens is 452 g/mol. The number of aromatic nitrogens is 3. The second kappa shape index (κ2) is 8.49.